The third-order valence-electron chi connectivity index (χ3n) is 13.3. The number of unbranched alkanes of at least 4 members (excludes halogenated alkanes) is 34. The van der Waals surface area contributed by atoms with Gasteiger partial charge in [0.25, 0.3) is 0 Å². The minimum absolute atomic E-state index is 0.0925. The predicted molar refractivity (Wildman–Crippen MR) is 302 cm³/mol. The number of carbonyl (C=O) groups excluding carboxylic acids is 3. The van der Waals surface area contributed by atoms with Crippen molar-refractivity contribution in [3.05, 3.63) is 60.8 Å². The molecule has 0 saturated carbocycles. The van der Waals surface area contributed by atoms with Gasteiger partial charge in [-0.2, -0.15) is 0 Å². The van der Waals surface area contributed by atoms with E-state index < -0.39 is 6.10 Å². The van der Waals surface area contributed by atoms with E-state index in [0.717, 1.165) is 77.0 Å². The summed E-state index contributed by atoms with van der Waals surface area (Å²) in [4.78, 5) is 38.2. The van der Waals surface area contributed by atoms with Crippen molar-refractivity contribution in [3.8, 4) is 0 Å². The van der Waals surface area contributed by atoms with E-state index in [2.05, 4.69) is 81.5 Å². The second-order valence-electron chi connectivity index (χ2n) is 20.2. The van der Waals surface area contributed by atoms with Crippen LogP contribution in [0.2, 0.25) is 0 Å². The van der Waals surface area contributed by atoms with Gasteiger partial charge >= 0.3 is 17.9 Å². The number of hydrogen-bond acceptors (Lipinski definition) is 6. The van der Waals surface area contributed by atoms with Gasteiger partial charge in [-0.25, -0.2) is 0 Å². The van der Waals surface area contributed by atoms with Gasteiger partial charge in [-0.15, -0.1) is 0 Å². The molecule has 0 fully saturated rings. The zero-order chi connectivity index (χ0) is 50.7. The molecule has 0 aromatic carbocycles. The zero-order valence-electron chi connectivity index (χ0n) is 46.5. The lowest BCUT2D eigenvalue weighted by Crippen LogP contribution is -2.30. The van der Waals surface area contributed by atoms with Crippen LogP contribution in [0.3, 0.4) is 0 Å². The van der Waals surface area contributed by atoms with Gasteiger partial charge in [0.2, 0.25) is 0 Å². The highest BCUT2D eigenvalue weighted by Gasteiger charge is 2.19. The lowest BCUT2D eigenvalue weighted by molar-refractivity contribution is -0.167. The van der Waals surface area contributed by atoms with Crippen LogP contribution in [-0.4, -0.2) is 37.2 Å². The Balaban J connectivity index is 4.41. The maximum absolute atomic E-state index is 12.9. The number of esters is 3. The molecule has 0 spiro atoms. The smallest absolute Gasteiger partial charge is 0.306 e. The van der Waals surface area contributed by atoms with Gasteiger partial charge in [0.05, 0.1) is 0 Å². The molecule has 6 heteroatoms. The topological polar surface area (TPSA) is 78.9 Å². The van der Waals surface area contributed by atoms with Crippen LogP contribution in [0.4, 0.5) is 0 Å². The molecule has 0 rings (SSSR count). The summed E-state index contributed by atoms with van der Waals surface area (Å²) in [5.41, 5.74) is 0. The Morgan fingerprint density at radius 3 is 0.857 bits per heavy atom. The highest BCUT2D eigenvalue weighted by molar-refractivity contribution is 5.71. The Bertz CT molecular complexity index is 1260. The molecule has 0 aromatic heterocycles. The van der Waals surface area contributed by atoms with Crippen LogP contribution in [0.15, 0.2) is 60.8 Å². The number of carbonyl (C=O) groups is 3. The van der Waals surface area contributed by atoms with Crippen LogP contribution in [-0.2, 0) is 28.6 Å². The zero-order valence-corrected chi connectivity index (χ0v) is 46.5. The molecule has 0 amide bonds. The van der Waals surface area contributed by atoms with Crippen LogP contribution in [0.25, 0.3) is 0 Å². The second kappa shape index (κ2) is 58.7. The Morgan fingerprint density at radius 1 is 0.300 bits per heavy atom. The molecule has 0 aliphatic heterocycles. The fourth-order valence-electron chi connectivity index (χ4n) is 8.78. The van der Waals surface area contributed by atoms with Crippen molar-refractivity contribution >= 4 is 17.9 Å². The van der Waals surface area contributed by atoms with Gasteiger partial charge in [0, 0.05) is 19.3 Å². The number of hydrogen-bond donors (Lipinski definition) is 0. The summed E-state index contributed by atoms with van der Waals surface area (Å²) in [6, 6.07) is 0. The quantitative estimate of drug-likeness (QED) is 0.0261. The van der Waals surface area contributed by atoms with Crippen LogP contribution in [0, 0.1) is 0 Å². The summed E-state index contributed by atoms with van der Waals surface area (Å²) >= 11 is 0. The molecule has 6 nitrogen and oxygen atoms in total. The maximum atomic E-state index is 12.9. The van der Waals surface area contributed by atoms with E-state index >= 15 is 0 Å². The summed E-state index contributed by atoms with van der Waals surface area (Å²) in [6.45, 7) is 6.53. The first-order chi connectivity index (χ1) is 34.5. The maximum Gasteiger partial charge on any atom is 0.306 e. The molecule has 406 valence electrons. The summed E-state index contributed by atoms with van der Waals surface area (Å²) in [7, 11) is 0. The van der Waals surface area contributed by atoms with E-state index in [4.69, 9.17) is 14.2 Å². The van der Waals surface area contributed by atoms with Crippen molar-refractivity contribution < 1.29 is 28.6 Å². The molecule has 0 unspecified atom stereocenters. The Hall–Kier alpha value is -2.89. The molecule has 0 aliphatic carbocycles. The number of rotatable bonds is 55. The number of ether oxygens (including phenoxy) is 3. The van der Waals surface area contributed by atoms with E-state index in [1.54, 1.807) is 0 Å². The average molecular weight is 980 g/mol. The lowest BCUT2D eigenvalue weighted by Gasteiger charge is -2.18. The molecular formula is C64H114O6. The predicted octanol–water partition coefficient (Wildman–Crippen LogP) is 20.4. The van der Waals surface area contributed by atoms with E-state index in [-0.39, 0.29) is 37.5 Å². The average Bonchev–Trinajstić information content (AvgIpc) is 3.36. The lowest BCUT2D eigenvalue weighted by atomic mass is 10.0. The Kier molecular flexibility index (Phi) is 56.3. The van der Waals surface area contributed by atoms with Crippen molar-refractivity contribution in [1.29, 1.82) is 0 Å². The van der Waals surface area contributed by atoms with Crippen LogP contribution >= 0.6 is 0 Å². The standard InChI is InChI=1S/C64H114O6/c1-4-7-10-13-16-19-22-25-28-31-34-36-39-42-45-48-51-54-57-63(66)69-60-61(70-64(67)58-55-52-49-46-43-40-37-33-30-27-24-21-18-15-12-9-6-3)59-68-62(65)56-53-50-47-44-41-38-35-32-29-26-23-20-17-14-11-8-5-2/h9,12,18,21,27,30,37,40,46,49,61H,4-8,10-11,13-17,19-20,22-26,28-29,31-36,38-39,41-45,47-48,50-60H2,1-3H3/b12-9+,21-18+,30-27+,40-37+,49-46+/t61-/m1/s1. The fraction of sp³-hybridized carbons (Fsp3) is 0.797. The molecule has 0 heterocycles. The largest absolute Gasteiger partial charge is 0.462 e. The first-order valence-electron chi connectivity index (χ1n) is 30.3. The fourth-order valence-corrected chi connectivity index (χ4v) is 8.78. The second-order valence-corrected chi connectivity index (χ2v) is 20.2. The summed E-state index contributed by atoms with van der Waals surface area (Å²) in [5, 5.41) is 0. The molecule has 0 bridgehead atoms. The first kappa shape index (κ1) is 67.1. The van der Waals surface area contributed by atoms with Crippen molar-refractivity contribution in [1.82, 2.24) is 0 Å². The summed E-state index contributed by atoms with van der Waals surface area (Å²) in [6.07, 6.45) is 73.7. The van der Waals surface area contributed by atoms with E-state index in [9.17, 15) is 14.4 Å². The van der Waals surface area contributed by atoms with E-state index in [1.165, 1.54) is 186 Å². The molecule has 70 heavy (non-hydrogen) atoms. The molecule has 0 aromatic rings. The van der Waals surface area contributed by atoms with Gasteiger partial charge in [0.15, 0.2) is 6.10 Å². The highest BCUT2D eigenvalue weighted by Crippen LogP contribution is 2.17. The molecular weight excluding hydrogens is 865 g/mol. The molecule has 1 atom stereocenters. The molecule has 0 aliphatic rings. The third kappa shape index (κ3) is 56.0. The van der Waals surface area contributed by atoms with Gasteiger partial charge in [0.1, 0.15) is 13.2 Å². The van der Waals surface area contributed by atoms with E-state index in [1.807, 2.05) is 0 Å². The van der Waals surface area contributed by atoms with Gasteiger partial charge < -0.3 is 14.2 Å². The minimum Gasteiger partial charge on any atom is -0.462 e. The third-order valence-corrected chi connectivity index (χ3v) is 13.3. The van der Waals surface area contributed by atoms with Crippen molar-refractivity contribution in [2.75, 3.05) is 13.2 Å². The van der Waals surface area contributed by atoms with Crippen LogP contribution < -0.4 is 0 Å². The molecule has 0 N–H and O–H groups in total. The Labute approximate surface area is 434 Å². The van der Waals surface area contributed by atoms with Crippen molar-refractivity contribution in [2.24, 2.45) is 0 Å². The van der Waals surface area contributed by atoms with E-state index in [0.29, 0.717) is 19.3 Å². The SMILES string of the molecule is CC/C=C/C/C=C/C/C=C/C/C=C/C/C=C/CCCC(=O)O[C@H](COC(=O)CCCCCCCCCCCCCCCCCCC)COC(=O)CCCCCCCCCCCCCCCCCCCC. The normalized spacial score (nSPS) is 12.4. The summed E-state index contributed by atoms with van der Waals surface area (Å²) in [5.74, 6) is -0.933. The monoisotopic (exact) mass is 979 g/mol. The van der Waals surface area contributed by atoms with Gasteiger partial charge in [-0.3, -0.25) is 14.4 Å². The van der Waals surface area contributed by atoms with Crippen molar-refractivity contribution in [2.45, 2.75) is 316 Å². The highest BCUT2D eigenvalue weighted by atomic mass is 16.6. The van der Waals surface area contributed by atoms with Crippen LogP contribution in [0.5, 0.6) is 0 Å². The Morgan fingerprint density at radius 2 is 0.557 bits per heavy atom. The minimum atomic E-state index is -0.801. The van der Waals surface area contributed by atoms with Crippen LogP contribution in [0.1, 0.15) is 310 Å². The van der Waals surface area contributed by atoms with Gasteiger partial charge in [-0.05, 0) is 57.8 Å². The molecule has 0 saturated heterocycles. The molecule has 0 radical (unpaired) electrons. The van der Waals surface area contributed by atoms with Crippen molar-refractivity contribution in [3.63, 3.8) is 0 Å². The van der Waals surface area contributed by atoms with Gasteiger partial charge in [-0.1, -0.05) is 293 Å². The number of allylic oxidation sites excluding steroid dienone is 10. The summed E-state index contributed by atoms with van der Waals surface area (Å²) < 4.78 is 16.9. The first-order valence-corrected chi connectivity index (χ1v) is 30.3.